The van der Waals surface area contributed by atoms with E-state index >= 15 is 0 Å². The zero-order valence-corrected chi connectivity index (χ0v) is 14.6. The van der Waals surface area contributed by atoms with E-state index in [-0.39, 0.29) is 17.3 Å². The summed E-state index contributed by atoms with van der Waals surface area (Å²) in [4.78, 5) is 16.9. The molecule has 3 N–H and O–H groups in total. The monoisotopic (exact) mass is 345 g/mol. The summed E-state index contributed by atoms with van der Waals surface area (Å²) < 4.78 is 0. The number of nitrogens with two attached hydrogens (primary N) is 1. The van der Waals surface area contributed by atoms with Crippen molar-refractivity contribution in [3.05, 3.63) is 29.8 Å². The summed E-state index contributed by atoms with van der Waals surface area (Å²) in [7, 11) is 0. The highest BCUT2D eigenvalue weighted by Crippen LogP contribution is 2.55. The summed E-state index contributed by atoms with van der Waals surface area (Å²) in [5, 5.41) is 3.39. The number of carbonyl (C=O) groups is 1. The van der Waals surface area contributed by atoms with E-state index in [0.29, 0.717) is 11.4 Å². The second-order valence-electron chi connectivity index (χ2n) is 7.94. The molecule has 0 aliphatic heterocycles. The number of alkyl halides is 1. The molecule has 4 aliphatic carbocycles. The van der Waals surface area contributed by atoms with Crippen LogP contribution in [0.15, 0.2) is 29.3 Å². The van der Waals surface area contributed by atoms with Crippen LogP contribution in [0, 0.1) is 17.8 Å². The Balaban J connectivity index is 1.47. The van der Waals surface area contributed by atoms with E-state index < -0.39 is 0 Å². The Morgan fingerprint density at radius 1 is 1.12 bits per heavy atom. The maximum Gasteiger partial charge on any atom is 0.251 e. The van der Waals surface area contributed by atoms with Crippen molar-refractivity contribution >= 4 is 29.0 Å². The fraction of sp³-hybridized carbons (Fsp3) is 0.579. The fourth-order valence-electron chi connectivity index (χ4n) is 5.46. The van der Waals surface area contributed by atoms with Gasteiger partial charge in [-0.2, -0.15) is 0 Å². The highest BCUT2D eigenvalue weighted by Gasteiger charge is 2.51. The molecule has 1 aromatic carbocycles. The molecule has 0 unspecified atom stereocenters. The van der Waals surface area contributed by atoms with Crippen LogP contribution in [0.4, 0.5) is 5.69 Å². The average molecular weight is 346 g/mol. The van der Waals surface area contributed by atoms with Gasteiger partial charge in [-0.05, 0) is 80.5 Å². The van der Waals surface area contributed by atoms with Gasteiger partial charge in [0.25, 0.3) is 5.91 Å². The van der Waals surface area contributed by atoms with Crippen LogP contribution in [0.5, 0.6) is 0 Å². The molecule has 0 atom stereocenters. The predicted molar refractivity (Wildman–Crippen MR) is 96.8 cm³/mol. The van der Waals surface area contributed by atoms with Crippen molar-refractivity contribution < 1.29 is 4.79 Å². The molecule has 0 saturated heterocycles. The molecule has 24 heavy (non-hydrogen) atoms. The number of nitrogens with one attached hydrogen (secondary N) is 1. The molecule has 4 saturated carbocycles. The number of hydrogen-bond donors (Lipinski definition) is 2. The summed E-state index contributed by atoms with van der Waals surface area (Å²) in [5.74, 6) is 3.10. The number of amidine groups is 1. The van der Waals surface area contributed by atoms with Crippen LogP contribution >= 0.6 is 11.6 Å². The number of benzene rings is 1. The Labute approximate surface area is 147 Å². The van der Waals surface area contributed by atoms with Gasteiger partial charge in [0.2, 0.25) is 0 Å². The summed E-state index contributed by atoms with van der Waals surface area (Å²) >= 11 is 5.64. The van der Waals surface area contributed by atoms with Gasteiger partial charge in [0.05, 0.1) is 11.6 Å². The molecule has 1 aromatic rings. The van der Waals surface area contributed by atoms with Crippen LogP contribution < -0.4 is 11.1 Å². The van der Waals surface area contributed by atoms with Gasteiger partial charge in [0.15, 0.2) is 0 Å². The van der Waals surface area contributed by atoms with E-state index in [2.05, 4.69) is 10.3 Å². The number of amides is 1. The van der Waals surface area contributed by atoms with Crippen LogP contribution in [0.3, 0.4) is 0 Å². The highest BCUT2D eigenvalue weighted by atomic mass is 35.5. The predicted octanol–water partition coefficient (Wildman–Crippen LogP) is 3.61. The third kappa shape index (κ3) is 3.04. The van der Waals surface area contributed by atoms with Gasteiger partial charge in [-0.15, -0.1) is 11.6 Å². The van der Waals surface area contributed by atoms with E-state index in [9.17, 15) is 4.79 Å². The molecule has 0 aromatic heterocycles. The summed E-state index contributed by atoms with van der Waals surface area (Å²) in [6.45, 7) is 0. The van der Waals surface area contributed by atoms with E-state index in [1.54, 1.807) is 0 Å². The van der Waals surface area contributed by atoms with Crippen LogP contribution in [-0.4, -0.2) is 23.2 Å². The molecule has 128 valence electrons. The number of halogens is 1. The van der Waals surface area contributed by atoms with Gasteiger partial charge in [0.1, 0.15) is 5.84 Å². The Hall–Kier alpha value is -1.55. The molecule has 0 heterocycles. The molecule has 4 aliphatic rings. The second-order valence-corrected chi connectivity index (χ2v) is 8.20. The van der Waals surface area contributed by atoms with E-state index in [1.807, 2.05) is 24.3 Å². The third-order valence-electron chi connectivity index (χ3n) is 5.96. The highest BCUT2D eigenvalue weighted by molar-refractivity contribution is 6.28. The van der Waals surface area contributed by atoms with Crippen LogP contribution in [0.2, 0.25) is 0 Å². The van der Waals surface area contributed by atoms with Crippen LogP contribution in [0.25, 0.3) is 0 Å². The standard InChI is InChI=1S/C19H24ClN3O/c20-11-17(21)22-16-3-1-15(2-4-16)18(24)23-19-8-12-5-13(9-19)7-14(6-12)10-19/h1-4,12-14H,5-11H2,(H2,21,22)(H,23,24). The molecule has 0 spiro atoms. The van der Waals surface area contributed by atoms with Crippen molar-refractivity contribution in [2.45, 2.75) is 44.1 Å². The van der Waals surface area contributed by atoms with E-state index in [0.717, 1.165) is 23.4 Å². The van der Waals surface area contributed by atoms with Gasteiger partial charge in [-0.25, -0.2) is 4.99 Å². The van der Waals surface area contributed by atoms with Crippen molar-refractivity contribution in [3.63, 3.8) is 0 Å². The lowest BCUT2D eigenvalue weighted by Gasteiger charge is -2.56. The first-order valence-corrected chi connectivity index (χ1v) is 9.40. The lowest BCUT2D eigenvalue weighted by Crippen LogP contribution is -2.59. The van der Waals surface area contributed by atoms with Crippen molar-refractivity contribution in [1.29, 1.82) is 0 Å². The number of aliphatic imine (C=N–C) groups is 1. The number of carbonyl (C=O) groups excluding carboxylic acids is 1. The first-order chi connectivity index (χ1) is 11.5. The first-order valence-electron chi connectivity index (χ1n) is 8.87. The molecular formula is C19H24ClN3O. The van der Waals surface area contributed by atoms with Crippen molar-refractivity contribution in [2.75, 3.05) is 5.88 Å². The zero-order chi connectivity index (χ0) is 16.7. The Kier molecular flexibility index (Phi) is 4.03. The number of rotatable bonds is 4. The summed E-state index contributed by atoms with van der Waals surface area (Å²) in [6, 6.07) is 7.26. The van der Waals surface area contributed by atoms with Gasteiger partial charge < -0.3 is 11.1 Å². The van der Waals surface area contributed by atoms with Gasteiger partial charge in [0, 0.05) is 11.1 Å². The minimum atomic E-state index is 0.0396. The molecule has 0 radical (unpaired) electrons. The zero-order valence-electron chi connectivity index (χ0n) is 13.8. The lowest BCUT2D eigenvalue weighted by molar-refractivity contribution is -0.0167. The van der Waals surface area contributed by atoms with Crippen molar-refractivity contribution in [3.8, 4) is 0 Å². The van der Waals surface area contributed by atoms with Gasteiger partial charge in [-0.3, -0.25) is 4.79 Å². The smallest absolute Gasteiger partial charge is 0.251 e. The number of nitrogens with zero attached hydrogens (tertiary/aromatic N) is 1. The van der Waals surface area contributed by atoms with Crippen molar-refractivity contribution in [1.82, 2.24) is 5.32 Å². The minimum Gasteiger partial charge on any atom is -0.386 e. The van der Waals surface area contributed by atoms with E-state index in [4.69, 9.17) is 17.3 Å². The Morgan fingerprint density at radius 3 is 2.17 bits per heavy atom. The normalized spacial score (nSPS) is 34.4. The molecule has 4 bridgehead atoms. The quantitative estimate of drug-likeness (QED) is 0.497. The maximum atomic E-state index is 12.7. The fourth-order valence-corrected chi connectivity index (χ4v) is 5.52. The van der Waals surface area contributed by atoms with Crippen LogP contribution in [-0.2, 0) is 0 Å². The van der Waals surface area contributed by atoms with Gasteiger partial charge >= 0.3 is 0 Å². The summed E-state index contributed by atoms with van der Waals surface area (Å²) in [5.41, 5.74) is 7.10. The molecular weight excluding hydrogens is 322 g/mol. The molecule has 4 nitrogen and oxygen atoms in total. The van der Waals surface area contributed by atoms with Crippen LogP contribution in [0.1, 0.15) is 48.9 Å². The van der Waals surface area contributed by atoms with E-state index in [1.165, 1.54) is 38.5 Å². The summed E-state index contributed by atoms with van der Waals surface area (Å²) in [6.07, 6.45) is 7.63. The molecule has 1 amide bonds. The molecule has 4 fully saturated rings. The Morgan fingerprint density at radius 2 is 1.67 bits per heavy atom. The topological polar surface area (TPSA) is 67.5 Å². The van der Waals surface area contributed by atoms with Gasteiger partial charge in [-0.1, -0.05) is 0 Å². The average Bonchev–Trinajstić information content (AvgIpc) is 2.53. The minimum absolute atomic E-state index is 0.0396. The van der Waals surface area contributed by atoms with Crippen molar-refractivity contribution in [2.24, 2.45) is 28.5 Å². The maximum absolute atomic E-state index is 12.7. The molecule has 5 rings (SSSR count). The Bertz CT molecular complexity index is 632. The first kappa shape index (κ1) is 15.9. The number of hydrogen-bond acceptors (Lipinski definition) is 2. The largest absolute Gasteiger partial charge is 0.386 e. The second kappa shape index (κ2) is 6.07. The molecule has 5 heteroatoms. The SMILES string of the molecule is NC(CCl)=Nc1ccc(C(=O)NC23CC4CC(CC(C4)C2)C3)cc1. The lowest BCUT2D eigenvalue weighted by atomic mass is 9.53. The third-order valence-corrected chi connectivity index (χ3v) is 6.23.